The van der Waals surface area contributed by atoms with Crippen molar-refractivity contribution in [1.29, 1.82) is 0 Å². The van der Waals surface area contributed by atoms with Crippen molar-refractivity contribution in [3.05, 3.63) is 0 Å². The third-order valence-corrected chi connectivity index (χ3v) is 9.84. The van der Waals surface area contributed by atoms with Crippen molar-refractivity contribution in [1.82, 2.24) is 0 Å². The van der Waals surface area contributed by atoms with Crippen molar-refractivity contribution in [3.63, 3.8) is 0 Å². The van der Waals surface area contributed by atoms with Gasteiger partial charge in [-0.2, -0.15) is 0 Å². The van der Waals surface area contributed by atoms with Gasteiger partial charge in [-0.3, -0.25) is 4.79 Å². The molecule has 1 unspecified atom stereocenters. The molecule has 0 aromatic heterocycles. The van der Waals surface area contributed by atoms with Crippen LogP contribution in [0.5, 0.6) is 0 Å². The van der Waals surface area contributed by atoms with E-state index in [9.17, 15) is 9.90 Å². The third kappa shape index (κ3) is 2.87. The van der Waals surface area contributed by atoms with Gasteiger partial charge in [-0.15, -0.1) is 0 Å². The molecule has 8 atom stereocenters. The first-order valence-electron chi connectivity index (χ1n) is 10.7. The molecule has 0 saturated heterocycles. The van der Waals surface area contributed by atoms with E-state index in [2.05, 4.69) is 29.8 Å². The standard InChI is InChI=1S/C22H35BrO2/c1-3-22(25)11-9-15-14(12-22)4-5-17-16(15)8-10-21(2)18(17)6-7-19(21)20(24)13-23/h14-19,25H,3-13H2,1-2H3/t14-,15-,16+,17?,18-,19+,21-,22+/m0/s1. The van der Waals surface area contributed by atoms with E-state index in [1.54, 1.807) is 0 Å². The van der Waals surface area contributed by atoms with E-state index in [1.807, 2.05) is 0 Å². The number of rotatable bonds is 3. The number of aliphatic hydroxyl groups is 1. The molecule has 1 N–H and O–H groups in total. The fraction of sp³-hybridized carbons (Fsp3) is 0.955. The summed E-state index contributed by atoms with van der Waals surface area (Å²) < 4.78 is 0. The Hall–Kier alpha value is 0.110. The zero-order valence-corrected chi connectivity index (χ0v) is 17.6. The first-order valence-corrected chi connectivity index (χ1v) is 11.8. The van der Waals surface area contributed by atoms with E-state index in [0.717, 1.165) is 55.3 Å². The number of carbonyl (C=O) groups is 1. The van der Waals surface area contributed by atoms with Gasteiger partial charge in [0.15, 0.2) is 0 Å². The van der Waals surface area contributed by atoms with E-state index in [-0.39, 0.29) is 11.0 Å². The zero-order valence-electron chi connectivity index (χ0n) is 16.0. The Bertz CT molecular complexity index is 534. The minimum atomic E-state index is -0.377. The molecule has 0 aromatic rings. The maximum absolute atomic E-state index is 12.5. The molecular weight excluding hydrogens is 376 g/mol. The molecule has 4 aliphatic carbocycles. The summed E-state index contributed by atoms with van der Waals surface area (Å²) in [6.07, 6.45) is 11.9. The topological polar surface area (TPSA) is 37.3 Å². The lowest BCUT2D eigenvalue weighted by atomic mass is 9.48. The summed E-state index contributed by atoms with van der Waals surface area (Å²) in [5.74, 6) is 4.84. The second-order valence-corrected chi connectivity index (χ2v) is 10.6. The van der Waals surface area contributed by atoms with Crippen molar-refractivity contribution in [2.45, 2.75) is 83.7 Å². The summed E-state index contributed by atoms with van der Waals surface area (Å²) in [6, 6.07) is 0. The van der Waals surface area contributed by atoms with E-state index in [0.29, 0.717) is 17.0 Å². The highest BCUT2D eigenvalue weighted by molar-refractivity contribution is 9.09. The van der Waals surface area contributed by atoms with Gasteiger partial charge in [0, 0.05) is 5.92 Å². The van der Waals surface area contributed by atoms with Gasteiger partial charge in [-0.05, 0) is 99.2 Å². The quantitative estimate of drug-likeness (QED) is 0.635. The van der Waals surface area contributed by atoms with Crippen molar-refractivity contribution < 1.29 is 9.90 Å². The Kier molecular flexibility index (Phi) is 4.89. The van der Waals surface area contributed by atoms with Crippen LogP contribution in [0.3, 0.4) is 0 Å². The lowest BCUT2D eigenvalue weighted by Gasteiger charge is -2.57. The molecule has 0 aliphatic heterocycles. The van der Waals surface area contributed by atoms with Crippen molar-refractivity contribution in [2.24, 2.45) is 40.9 Å². The van der Waals surface area contributed by atoms with Gasteiger partial charge in [-0.1, -0.05) is 29.8 Å². The largest absolute Gasteiger partial charge is 0.390 e. The van der Waals surface area contributed by atoms with E-state index < -0.39 is 0 Å². The maximum atomic E-state index is 12.5. The lowest BCUT2D eigenvalue weighted by Crippen LogP contribution is -2.51. The second kappa shape index (κ2) is 6.62. The Morgan fingerprint density at radius 1 is 1.04 bits per heavy atom. The van der Waals surface area contributed by atoms with Gasteiger partial charge in [-0.25, -0.2) is 0 Å². The van der Waals surface area contributed by atoms with Gasteiger partial charge in [0.1, 0.15) is 5.78 Å². The fourth-order valence-electron chi connectivity index (χ4n) is 7.91. The first kappa shape index (κ1) is 18.5. The Labute approximate surface area is 161 Å². The summed E-state index contributed by atoms with van der Waals surface area (Å²) in [7, 11) is 0. The number of fused-ring (bicyclic) bond motifs is 5. The van der Waals surface area contributed by atoms with Crippen LogP contribution in [0.1, 0.15) is 78.1 Å². The van der Waals surface area contributed by atoms with Crippen LogP contribution in [-0.2, 0) is 4.79 Å². The number of ketones is 1. The molecule has 0 bridgehead atoms. The Morgan fingerprint density at radius 3 is 2.52 bits per heavy atom. The molecule has 25 heavy (non-hydrogen) atoms. The molecule has 0 amide bonds. The van der Waals surface area contributed by atoms with Crippen molar-refractivity contribution in [3.8, 4) is 0 Å². The van der Waals surface area contributed by atoms with E-state index in [1.165, 1.54) is 38.5 Å². The molecule has 0 aromatic carbocycles. The first-order chi connectivity index (χ1) is 11.9. The fourth-order valence-corrected chi connectivity index (χ4v) is 8.30. The predicted octanol–water partition coefficient (Wildman–Crippen LogP) is 5.36. The van der Waals surface area contributed by atoms with Crippen LogP contribution >= 0.6 is 15.9 Å². The summed E-state index contributed by atoms with van der Waals surface area (Å²) in [5, 5.41) is 11.3. The monoisotopic (exact) mass is 410 g/mol. The summed E-state index contributed by atoms with van der Waals surface area (Å²) >= 11 is 3.42. The van der Waals surface area contributed by atoms with Crippen LogP contribution in [0.2, 0.25) is 0 Å². The van der Waals surface area contributed by atoms with Crippen molar-refractivity contribution in [2.75, 3.05) is 5.33 Å². The SMILES string of the molecule is CC[C@@]1(O)CC[C@H]2[C@@H](CCC3[C@@H]2CC[C@]2(C)[C@@H](C(=O)CBr)CC[C@@H]32)C1. The average Bonchev–Trinajstić information content (AvgIpc) is 2.98. The highest BCUT2D eigenvalue weighted by Gasteiger charge is 2.58. The molecule has 4 rings (SSSR count). The summed E-state index contributed by atoms with van der Waals surface area (Å²) in [4.78, 5) is 12.5. The molecule has 0 radical (unpaired) electrons. The Balaban J connectivity index is 1.52. The van der Waals surface area contributed by atoms with Crippen LogP contribution in [0.25, 0.3) is 0 Å². The van der Waals surface area contributed by atoms with Crippen LogP contribution in [-0.4, -0.2) is 21.8 Å². The molecule has 142 valence electrons. The number of Topliss-reactive ketones (excluding diaryl/α,β-unsaturated/α-hetero) is 1. The van der Waals surface area contributed by atoms with Crippen molar-refractivity contribution >= 4 is 21.7 Å². The normalized spacial score (nSPS) is 52.2. The van der Waals surface area contributed by atoms with Gasteiger partial charge >= 0.3 is 0 Å². The molecular formula is C22H35BrO2. The highest BCUT2D eigenvalue weighted by Crippen LogP contribution is 2.64. The van der Waals surface area contributed by atoms with E-state index in [4.69, 9.17) is 0 Å². The number of hydrogen-bond acceptors (Lipinski definition) is 2. The molecule has 3 heteroatoms. The van der Waals surface area contributed by atoms with Gasteiger partial charge in [0.05, 0.1) is 10.9 Å². The minimum Gasteiger partial charge on any atom is -0.390 e. The number of halogens is 1. The van der Waals surface area contributed by atoms with Crippen LogP contribution in [0.15, 0.2) is 0 Å². The molecule has 4 fully saturated rings. The maximum Gasteiger partial charge on any atom is 0.147 e. The third-order valence-electron chi connectivity index (χ3n) is 9.28. The molecule has 0 spiro atoms. The van der Waals surface area contributed by atoms with Crippen LogP contribution < -0.4 is 0 Å². The predicted molar refractivity (Wildman–Crippen MR) is 105 cm³/mol. The number of alkyl halides is 1. The smallest absolute Gasteiger partial charge is 0.147 e. The summed E-state index contributed by atoms with van der Waals surface area (Å²) in [6.45, 7) is 4.59. The zero-order chi connectivity index (χ0) is 17.8. The molecule has 2 nitrogen and oxygen atoms in total. The van der Waals surface area contributed by atoms with Gasteiger partial charge in [0.25, 0.3) is 0 Å². The molecule has 0 heterocycles. The van der Waals surface area contributed by atoms with Gasteiger partial charge in [0.2, 0.25) is 0 Å². The highest BCUT2D eigenvalue weighted by atomic mass is 79.9. The second-order valence-electron chi connectivity index (χ2n) is 10.0. The Morgan fingerprint density at radius 2 is 1.80 bits per heavy atom. The molecule has 4 aliphatic rings. The average molecular weight is 411 g/mol. The number of carbonyl (C=O) groups excluding carboxylic acids is 1. The minimum absolute atomic E-state index is 0.262. The van der Waals surface area contributed by atoms with Crippen LogP contribution in [0.4, 0.5) is 0 Å². The number of hydrogen-bond donors (Lipinski definition) is 1. The van der Waals surface area contributed by atoms with E-state index >= 15 is 0 Å². The summed E-state index contributed by atoms with van der Waals surface area (Å²) in [5.41, 5.74) is -0.115. The lowest BCUT2D eigenvalue weighted by molar-refractivity contribution is -0.130. The van der Waals surface area contributed by atoms with Gasteiger partial charge < -0.3 is 5.11 Å². The van der Waals surface area contributed by atoms with Crippen LogP contribution in [0, 0.1) is 40.9 Å². The molecule has 4 saturated carbocycles.